The average Bonchev–Trinajstić information content (AvgIpc) is 3.28. The Morgan fingerprint density at radius 3 is 2.55 bits per heavy atom. The van der Waals surface area contributed by atoms with Crippen LogP contribution < -0.4 is 14.8 Å². The van der Waals surface area contributed by atoms with Crippen LogP contribution in [0.3, 0.4) is 0 Å². The van der Waals surface area contributed by atoms with Gasteiger partial charge >= 0.3 is 0 Å². The fourth-order valence-electron chi connectivity index (χ4n) is 3.31. The van der Waals surface area contributed by atoms with E-state index in [2.05, 4.69) is 10.3 Å². The summed E-state index contributed by atoms with van der Waals surface area (Å²) in [5, 5.41) is 2.94. The van der Waals surface area contributed by atoms with Gasteiger partial charge in [0.05, 0.1) is 31.5 Å². The zero-order valence-electron chi connectivity index (χ0n) is 17.5. The summed E-state index contributed by atoms with van der Waals surface area (Å²) < 4.78 is 16.7. The largest absolute Gasteiger partial charge is 0.497 e. The van der Waals surface area contributed by atoms with Crippen molar-refractivity contribution in [3.63, 3.8) is 0 Å². The van der Waals surface area contributed by atoms with Crippen LogP contribution in [0.15, 0.2) is 77.3 Å². The number of aromatic nitrogens is 1. The van der Waals surface area contributed by atoms with Crippen LogP contribution in [0.2, 0.25) is 0 Å². The smallest absolute Gasteiger partial charge is 0.256 e. The number of hydrogen-bond donors (Lipinski definition) is 1. The van der Waals surface area contributed by atoms with E-state index in [9.17, 15) is 4.79 Å². The summed E-state index contributed by atoms with van der Waals surface area (Å²) in [5.74, 6) is 1.93. The van der Waals surface area contributed by atoms with Crippen LogP contribution in [0.4, 0.5) is 5.69 Å². The summed E-state index contributed by atoms with van der Waals surface area (Å²) in [4.78, 5) is 17.4. The van der Waals surface area contributed by atoms with Crippen LogP contribution >= 0.6 is 0 Å². The number of ether oxygens (including phenoxy) is 2. The van der Waals surface area contributed by atoms with E-state index in [4.69, 9.17) is 13.9 Å². The number of oxazole rings is 1. The minimum absolute atomic E-state index is 0.233. The van der Waals surface area contributed by atoms with Crippen molar-refractivity contribution in [2.45, 2.75) is 6.92 Å². The molecular formula is C25H22N2O4. The van der Waals surface area contributed by atoms with Gasteiger partial charge in [-0.2, -0.15) is 0 Å². The minimum Gasteiger partial charge on any atom is -0.497 e. The molecule has 4 aromatic rings. The first-order valence-electron chi connectivity index (χ1n) is 9.74. The van der Waals surface area contributed by atoms with Crippen molar-refractivity contribution in [2.24, 2.45) is 0 Å². The van der Waals surface area contributed by atoms with Gasteiger partial charge in [0.2, 0.25) is 5.89 Å². The van der Waals surface area contributed by atoms with Crippen molar-refractivity contribution in [1.82, 2.24) is 4.98 Å². The summed E-state index contributed by atoms with van der Waals surface area (Å²) in [7, 11) is 3.18. The highest BCUT2D eigenvalue weighted by molar-refractivity contribution is 6.08. The summed E-state index contributed by atoms with van der Waals surface area (Å²) in [6.07, 6.45) is 1.62. The Morgan fingerprint density at radius 1 is 0.935 bits per heavy atom. The Balaban J connectivity index is 1.67. The highest BCUT2D eigenvalue weighted by Crippen LogP contribution is 2.35. The molecule has 0 atom stereocenters. The molecule has 1 aromatic heterocycles. The van der Waals surface area contributed by atoms with E-state index in [1.165, 1.54) is 0 Å². The molecule has 0 saturated carbocycles. The Bertz CT molecular complexity index is 1230. The van der Waals surface area contributed by atoms with Gasteiger partial charge in [-0.05, 0) is 48.9 Å². The molecule has 0 spiro atoms. The van der Waals surface area contributed by atoms with Gasteiger partial charge < -0.3 is 19.2 Å². The standard InChI is InChI=1S/C25H22N2O4/c1-16-7-6-8-17(13-16)27-24(28)19-9-4-5-10-20(19)25-26-15-23(31-25)21-12-11-18(29-2)14-22(21)30-3/h4-15H,1-3H3,(H,27,28). The van der Waals surface area contributed by atoms with Gasteiger partial charge in [-0.1, -0.05) is 24.3 Å². The molecule has 1 heterocycles. The first-order chi connectivity index (χ1) is 15.1. The lowest BCUT2D eigenvalue weighted by molar-refractivity contribution is 0.102. The Morgan fingerprint density at radius 2 is 1.77 bits per heavy atom. The maximum Gasteiger partial charge on any atom is 0.256 e. The zero-order valence-corrected chi connectivity index (χ0v) is 17.5. The first-order valence-corrected chi connectivity index (χ1v) is 9.74. The number of amides is 1. The molecule has 6 nitrogen and oxygen atoms in total. The number of methoxy groups -OCH3 is 2. The van der Waals surface area contributed by atoms with E-state index in [1.54, 1.807) is 32.5 Å². The third-order valence-electron chi connectivity index (χ3n) is 4.86. The molecule has 31 heavy (non-hydrogen) atoms. The number of aryl methyl sites for hydroxylation is 1. The predicted molar refractivity (Wildman–Crippen MR) is 120 cm³/mol. The lowest BCUT2D eigenvalue weighted by atomic mass is 10.1. The van der Waals surface area contributed by atoms with Crippen molar-refractivity contribution >= 4 is 11.6 Å². The van der Waals surface area contributed by atoms with Crippen LogP contribution in [0.25, 0.3) is 22.8 Å². The van der Waals surface area contributed by atoms with Crippen molar-refractivity contribution in [1.29, 1.82) is 0 Å². The number of carbonyl (C=O) groups excluding carboxylic acids is 1. The van der Waals surface area contributed by atoms with Gasteiger partial charge in [-0.3, -0.25) is 4.79 Å². The molecule has 0 aliphatic carbocycles. The number of rotatable bonds is 6. The number of nitrogens with zero attached hydrogens (tertiary/aromatic N) is 1. The summed E-state index contributed by atoms with van der Waals surface area (Å²) >= 11 is 0. The molecule has 1 amide bonds. The quantitative estimate of drug-likeness (QED) is 0.445. The molecule has 0 radical (unpaired) electrons. The van der Waals surface area contributed by atoms with Crippen molar-refractivity contribution in [2.75, 3.05) is 19.5 Å². The van der Waals surface area contributed by atoms with Gasteiger partial charge in [0.1, 0.15) is 11.5 Å². The van der Waals surface area contributed by atoms with Gasteiger partial charge in [-0.15, -0.1) is 0 Å². The van der Waals surface area contributed by atoms with E-state index in [-0.39, 0.29) is 5.91 Å². The zero-order chi connectivity index (χ0) is 21.8. The summed E-state index contributed by atoms with van der Waals surface area (Å²) in [6, 6.07) is 20.3. The Labute approximate surface area is 180 Å². The van der Waals surface area contributed by atoms with E-state index < -0.39 is 0 Å². The maximum atomic E-state index is 13.0. The molecular weight excluding hydrogens is 392 g/mol. The average molecular weight is 414 g/mol. The molecule has 0 aliphatic heterocycles. The van der Waals surface area contributed by atoms with E-state index in [0.717, 1.165) is 16.8 Å². The monoisotopic (exact) mass is 414 g/mol. The molecule has 0 unspecified atom stereocenters. The van der Waals surface area contributed by atoms with Crippen LogP contribution in [0.1, 0.15) is 15.9 Å². The van der Waals surface area contributed by atoms with E-state index >= 15 is 0 Å². The van der Waals surface area contributed by atoms with Crippen molar-refractivity contribution in [3.05, 3.63) is 84.1 Å². The maximum absolute atomic E-state index is 13.0. The summed E-state index contributed by atoms with van der Waals surface area (Å²) in [5.41, 5.74) is 3.61. The minimum atomic E-state index is -0.233. The fourth-order valence-corrected chi connectivity index (χ4v) is 3.31. The number of anilines is 1. The lowest BCUT2D eigenvalue weighted by Gasteiger charge is -2.09. The van der Waals surface area contributed by atoms with Gasteiger partial charge in [0.25, 0.3) is 5.91 Å². The Kier molecular flexibility index (Phi) is 5.71. The molecule has 0 aliphatic rings. The molecule has 156 valence electrons. The highest BCUT2D eigenvalue weighted by atomic mass is 16.5. The van der Waals surface area contributed by atoms with Crippen LogP contribution in [0, 0.1) is 6.92 Å². The number of benzene rings is 3. The topological polar surface area (TPSA) is 73.6 Å². The van der Waals surface area contributed by atoms with Gasteiger partial charge in [0, 0.05) is 17.3 Å². The molecule has 3 aromatic carbocycles. The number of carbonyl (C=O) groups is 1. The van der Waals surface area contributed by atoms with Crippen molar-refractivity contribution < 1.29 is 18.7 Å². The fraction of sp³-hybridized carbons (Fsp3) is 0.120. The number of hydrogen-bond acceptors (Lipinski definition) is 5. The lowest BCUT2D eigenvalue weighted by Crippen LogP contribution is -2.13. The third kappa shape index (κ3) is 4.28. The van der Waals surface area contributed by atoms with E-state index in [0.29, 0.717) is 34.3 Å². The molecule has 0 bridgehead atoms. The van der Waals surface area contributed by atoms with Crippen LogP contribution in [-0.2, 0) is 0 Å². The first kappa shape index (κ1) is 20.2. The SMILES string of the molecule is COc1ccc(-c2cnc(-c3ccccc3C(=O)Nc3cccc(C)c3)o2)c(OC)c1. The highest BCUT2D eigenvalue weighted by Gasteiger charge is 2.18. The van der Waals surface area contributed by atoms with Gasteiger partial charge in [-0.25, -0.2) is 4.98 Å². The van der Waals surface area contributed by atoms with Crippen molar-refractivity contribution in [3.8, 4) is 34.3 Å². The summed E-state index contributed by atoms with van der Waals surface area (Å²) in [6.45, 7) is 1.98. The second-order valence-electron chi connectivity index (χ2n) is 6.97. The normalized spacial score (nSPS) is 10.5. The molecule has 1 N–H and O–H groups in total. The van der Waals surface area contributed by atoms with Gasteiger partial charge in [0.15, 0.2) is 5.76 Å². The second-order valence-corrected chi connectivity index (χ2v) is 6.97. The molecule has 0 saturated heterocycles. The van der Waals surface area contributed by atoms with Crippen LogP contribution in [0.5, 0.6) is 11.5 Å². The van der Waals surface area contributed by atoms with E-state index in [1.807, 2.05) is 61.5 Å². The Hall–Kier alpha value is -4.06. The predicted octanol–water partition coefficient (Wildman–Crippen LogP) is 5.59. The number of nitrogens with one attached hydrogen (secondary N) is 1. The van der Waals surface area contributed by atoms with Crippen LogP contribution in [-0.4, -0.2) is 25.1 Å². The molecule has 0 fully saturated rings. The second kappa shape index (κ2) is 8.75. The molecule has 6 heteroatoms. The molecule has 4 rings (SSSR count). The third-order valence-corrected chi connectivity index (χ3v) is 4.86.